The third kappa shape index (κ3) is 11.8. The molecule has 0 radical (unpaired) electrons. The highest BCUT2D eigenvalue weighted by atomic mass is 16.7. The lowest BCUT2D eigenvalue weighted by molar-refractivity contribution is -0.344. The Morgan fingerprint density at radius 2 is 1.77 bits per heavy atom. The van der Waals surface area contributed by atoms with E-state index in [1.165, 1.54) is 6.08 Å². The molecule has 0 aromatic carbocycles. The van der Waals surface area contributed by atoms with Crippen LogP contribution in [0.1, 0.15) is 98.8 Å². The van der Waals surface area contributed by atoms with Crippen LogP contribution >= 0.6 is 0 Å². The number of ether oxygens (including phenoxy) is 3. The lowest BCUT2D eigenvalue weighted by Gasteiger charge is -2.53. The number of carbonyl (C=O) groups excluding carboxylic acids is 1. The van der Waals surface area contributed by atoms with Crippen molar-refractivity contribution in [2.45, 2.75) is 129 Å². The first-order valence-electron chi connectivity index (χ1n) is 15.8. The molecule has 0 aliphatic carbocycles. The third-order valence-electron chi connectivity index (χ3n) is 8.45. The Hall–Kier alpha value is -3.01. The second-order valence-electron chi connectivity index (χ2n) is 12.5. The van der Waals surface area contributed by atoms with Crippen LogP contribution in [0, 0.1) is 11.8 Å². The lowest BCUT2D eigenvalue weighted by atomic mass is 9.78. The second kappa shape index (κ2) is 17.5. The summed E-state index contributed by atoms with van der Waals surface area (Å²) in [6.45, 7) is 13.8. The molecule has 9 nitrogen and oxygen atoms in total. The topological polar surface area (TPSA) is 140 Å². The maximum atomic E-state index is 12.8. The molecule has 44 heavy (non-hydrogen) atoms. The molecule has 0 aromatic heterocycles. The number of aliphatic carboxylic acids is 2. The maximum Gasteiger partial charge on any atom is 0.327 e. The number of rotatable bonds is 16. The standard InChI is InChI=1S/C35H52O9/c1-7-8-20-34(44-33(41)18-17-32(39)40)22-23-35(43-30(34)15-9-24(2)3)21-19-27(6)29(42-35)14-11-25(4)10-13-28(36)26(5)12-16-31(37)38/h9-13,15-16,26-30,36H,2,7-8,14,17-23H2,1,3-6H3,(H,37,38)(H,39,40)/t26-,27-,28-,29+,30-,34+,35-/m0/s1. The highest BCUT2D eigenvalue weighted by Crippen LogP contribution is 2.48. The van der Waals surface area contributed by atoms with Crippen molar-refractivity contribution in [3.63, 3.8) is 0 Å². The molecule has 2 rings (SSSR count). The zero-order valence-corrected chi connectivity index (χ0v) is 27.0. The Labute approximate surface area is 262 Å². The summed E-state index contributed by atoms with van der Waals surface area (Å²) in [5.74, 6) is -3.53. The average Bonchev–Trinajstić information content (AvgIpc) is 2.97. The Morgan fingerprint density at radius 1 is 1.05 bits per heavy atom. The molecule has 0 unspecified atom stereocenters. The van der Waals surface area contributed by atoms with E-state index in [1.807, 2.05) is 32.1 Å². The number of carbonyl (C=O) groups is 3. The maximum absolute atomic E-state index is 12.8. The predicted molar refractivity (Wildman–Crippen MR) is 169 cm³/mol. The molecular formula is C35H52O9. The van der Waals surface area contributed by atoms with Crippen LogP contribution in [-0.2, 0) is 28.6 Å². The molecule has 3 N–H and O–H groups in total. The van der Waals surface area contributed by atoms with Crippen molar-refractivity contribution in [3.8, 4) is 0 Å². The van der Waals surface area contributed by atoms with E-state index < -0.39 is 41.5 Å². The van der Waals surface area contributed by atoms with Gasteiger partial charge in [-0.3, -0.25) is 9.59 Å². The van der Waals surface area contributed by atoms with E-state index in [0.717, 1.165) is 36.5 Å². The second-order valence-corrected chi connectivity index (χ2v) is 12.5. The van der Waals surface area contributed by atoms with Crippen molar-refractivity contribution in [3.05, 3.63) is 60.3 Å². The van der Waals surface area contributed by atoms with E-state index in [9.17, 15) is 19.5 Å². The highest BCUT2D eigenvalue weighted by molar-refractivity contribution is 5.79. The van der Waals surface area contributed by atoms with Crippen LogP contribution in [0.25, 0.3) is 0 Å². The van der Waals surface area contributed by atoms with Gasteiger partial charge in [-0.05, 0) is 51.9 Å². The van der Waals surface area contributed by atoms with Crippen LogP contribution in [0.5, 0.6) is 0 Å². The van der Waals surface area contributed by atoms with Gasteiger partial charge in [0.2, 0.25) is 0 Å². The van der Waals surface area contributed by atoms with E-state index >= 15 is 0 Å². The summed E-state index contributed by atoms with van der Waals surface area (Å²) >= 11 is 0. The molecule has 9 heteroatoms. The van der Waals surface area contributed by atoms with Crippen molar-refractivity contribution in [1.82, 2.24) is 0 Å². The number of hydrogen-bond acceptors (Lipinski definition) is 7. The van der Waals surface area contributed by atoms with E-state index in [2.05, 4.69) is 26.5 Å². The zero-order chi connectivity index (χ0) is 32.9. The van der Waals surface area contributed by atoms with Crippen LogP contribution in [0.2, 0.25) is 0 Å². The Balaban J connectivity index is 2.22. The first kappa shape index (κ1) is 37.2. The Morgan fingerprint density at radius 3 is 2.41 bits per heavy atom. The molecule has 2 heterocycles. The van der Waals surface area contributed by atoms with Gasteiger partial charge in [-0.1, -0.05) is 81.4 Å². The lowest BCUT2D eigenvalue weighted by Crippen LogP contribution is -2.59. The number of carboxylic acid groups (broad SMARTS) is 2. The van der Waals surface area contributed by atoms with Gasteiger partial charge in [0.05, 0.1) is 25.0 Å². The molecule has 1 spiro atoms. The normalized spacial score (nSPS) is 29.3. The molecule has 2 saturated heterocycles. The first-order valence-corrected chi connectivity index (χ1v) is 15.8. The molecule has 0 bridgehead atoms. The summed E-state index contributed by atoms with van der Waals surface area (Å²) in [5, 5.41) is 28.2. The molecule has 2 fully saturated rings. The quantitative estimate of drug-likeness (QED) is 0.0984. The van der Waals surface area contributed by atoms with Gasteiger partial charge in [0.15, 0.2) is 5.79 Å². The van der Waals surface area contributed by atoms with Crippen molar-refractivity contribution in [2.24, 2.45) is 11.8 Å². The van der Waals surface area contributed by atoms with E-state index in [1.54, 1.807) is 13.0 Å². The van der Waals surface area contributed by atoms with Crippen LogP contribution in [0.15, 0.2) is 60.3 Å². The first-order chi connectivity index (χ1) is 20.7. The fraction of sp³-hybridized carbons (Fsp3) is 0.629. The van der Waals surface area contributed by atoms with Gasteiger partial charge in [-0.25, -0.2) is 4.79 Å². The molecule has 0 saturated carbocycles. The fourth-order valence-electron chi connectivity index (χ4n) is 5.58. The molecular weight excluding hydrogens is 564 g/mol. The highest BCUT2D eigenvalue weighted by Gasteiger charge is 2.54. The van der Waals surface area contributed by atoms with E-state index in [4.69, 9.17) is 24.4 Å². The van der Waals surface area contributed by atoms with Crippen molar-refractivity contribution < 1.29 is 43.9 Å². The summed E-state index contributed by atoms with van der Waals surface area (Å²) in [7, 11) is 0. The number of unbranched alkanes of at least 4 members (excludes halogenated alkanes) is 1. The molecule has 0 aromatic rings. The van der Waals surface area contributed by atoms with Crippen molar-refractivity contribution in [2.75, 3.05) is 0 Å². The van der Waals surface area contributed by atoms with E-state index in [-0.39, 0.29) is 30.8 Å². The summed E-state index contributed by atoms with van der Waals surface area (Å²) in [6, 6.07) is 0. The smallest absolute Gasteiger partial charge is 0.327 e. The van der Waals surface area contributed by atoms with Crippen LogP contribution in [-0.4, -0.2) is 62.9 Å². The summed E-state index contributed by atoms with van der Waals surface area (Å²) < 4.78 is 19.6. The number of allylic oxidation sites excluding steroid dienone is 4. The van der Waals surface area contributed by atoms with E-state index in [0.29, 0.717) is 32.1 Å². The zero-order valence-electron chi connectivity index (χ0n) is 27.0. The fourth-order valence-corrected chi connectivity index (χ4v) is 5.58. The van der Waals surface area contributed by atoms with Crippen molar-refractivity contribution in [1.29, 1.82) is 0 Å². The number of esters is 1. The van der Waals surface area contributed by atoms with Crippen LogP contribution < -0.4 is 0 Å². The summed E-state index contributed by atoms with van der Waals surface area (Å²) in [5.41, 5.74) is 0.855. The molecule has 0 amide bonds. The van der Waals surface area contributed by atoms with Gasteiger partial charge in [0.25, 0.3) is 0 Å². The Bertz CT molecular complexity index is 1120. The molecule has 7 atom stereocenters. The van der Waals surface area contributed by atoms with Crippen LogP contribution in [0.3, 0.4) is 0 Å². The number of carboxylic acids is 2. The number of hydrogen-bond donors (Lipinski definition) is 3. The average molecular weight is 617 g/mol. The SMILES string of the molecule is C=C(C)C=C[C@@H]1O[C@@]2(CC[C@H](C)[C@@H](CC=C(C)C=C[C@H](O)[C@@H](C)C=CC(=O)O)O2)CC[C@@]1(CCCC)OC(=O)CCC(=O)O. The third-order valence-corrected chi connectivity index (χ3v) is 8.45. The predicted octanol–water partition coefficient (Wildman–Crippen LogP) is 6.68. The number of aliphatic hydroxyl groups excluding tert-OH is 1. The molecule has 246 valence electrons. The minimum Gasteiger partial charge on any atom is -0.481 e. The minimum atomic E-state index is -1.05. The van der Waals surface area contributed by atoms with Crippen molar-refractivity contribution >= 4 is 17.9 Å². The molecule has 2 aliphatic heterocycles. The van der Waals surface area contributed by atoms with Gasteiger partial charge >= 0.3 is 17.9 Å². The van der Waals surface area contributed by atoms with Crippen LogP contribution in [0.4, 0.5) is 0 Å². The number of aliphatic hydroxyl groups is 1. The Kier molecular flexibility index (Phi) is 14.8. The van der Waals surface area contributed by atoms with Gasteiger partial charge in [0, 0.05) is 24.8 Å². The van der Waals surface area contributed by atoms with Gasteiger partial charge in [-0.15, -0.1) is 0 Å². The molecule has 2 aliphatic rings. The van der Waals surface area contributed by atoms with Gasteiger partial charge in [0.1, 0.15) is 11.7 Å². The summed E-state index contributed by atoms with van der Waals surface area (Å²) in [6.07, 6.45) is 15.5. The van der Waals surface area contributed by atoms with Gasteiger partial charge in [-0.2, -0.15) is 0 Å². The minimum absolute atomic E-state index is 0.110. The summed E-state index contributed by atoms with van der Waals surface area (Å²) in [4.78, 5) is 34.6. The van der Waals surface area contributed by atoms with Gasteiger partial charge < -0.3 is 29.5 Å². The largest absolute Gasteiger partial charge is 0.481 e. The monoisotopic (exact) mass is 616 g/mol.